The highest BCUT2D eigenvalue weighted by Gasteiger charge is 2.08. The minimum Gasteiger partial charge on any atom is -0.481 e. The molecule has 1 heterocycles. The van der Waals surface area contributed by atoms with E-state index in [1.807, 2.05) is 24.3 Å². The van der Waals surface area contributed by atoms with Crippen molar-refractivity contribution in [3.63, 3.8) is 0 Å². The Morgan fingerprint density at radius 1 is 1.09 bits per heavy atom. The SMILES string of the molecule is O=C(O)Cc1csc(-c2ccc(Oc3ccc(Cl)cc3)cc2)n1. The molecule has 23 heavy (non-hydrogen) atoms. The van der Waals surface area contributed by atoms with Gasteiger partial charge in [-0.1, -0.05) is 11.6 Å². The van der Waals surface area contributed by atoms with Gasteiger partial charge in [0.25, 0.3) is 0 Å². The van der Waals surface area contributed by atoms with Crippen molar-refractivity contribution < 1.29 is 14.6 Å². The number of carbonyl (C=O) groups is 1. The fraction of sp³-hybridized carbons (Fsp3) is 0.0588. The monoisotopic (exact) mass is 345 g/mol. The van der Waals surface area contributed by atoms with Gasteiger partial charge in [-0.25, -0.2) is 4.98 Å². The van der Waals surface area contributed by atoms with E-state index < -0.39 is 5.97 Å². The van der Waals surface area contributed by atoms with Gasteiger partial charge < -0.3 is 9.84 Å². The van der Waals surface area contributed by atoms with Gasteiger partial charge in [-0.15, -0.1) is 11.3 Å². The molecular formula is C17H12ClNO3S. The Hall–Kier alpha value is -2.37. The minimum atomic E-state index is -0.881. The first-order valence-electron chi connectivity index (χ1n) is 6.80. The molecule has 3 aromatic rings. The van der Waals surface area contributed by atoms with Crippen LogP contribution in [0.3, 0.4) is 0 Å². The lowest BCUT2D eigenvalue weighted by molar-refractivity contribution is -0.136. The van der Waals surface area contributed by atoms with E-state index in [1.165, 1.54) is 11.3 Å². The van der Waals surface area contributed by atoms with Gasteiger partial charge in [0.2, 0.25) is 0 Å². The Kier molecular flexibility index (Phi) is 4.60. The number of benzene rings is 2. The second kappa shape index (κ2) is 6.81. The van der Waals surface area contributed by atoms with E-state index in [0.29, 0.717) is 22.2 Å². The molecule has 0 radical (unpaired) electrons. The maximum Gasteiger partial charge on any atom is 0.309 e. The third kappa shape index (κ3) is 4.09. The standard InChI is InChI=1S/C17H12ClNO3S/c18-12-3-7-15(8-4-12)22-14-5-1-11(2-6-14)17-19-13(10-23-17)9-16(20)21/h1-8,10H,9H2,(H,20,21). The highest BCUT2D eigenvalue weighted by Crippen LogP contribution is 2.28. The number of ether oxygens (including phenoxy) is 1. The molecule has 0 fully saturated rings. The van der Waals surface area contributed by atoms with Crippen LogP contribution in [-0.4, -0.2) is 16.1 Å². The molecule has 0 saturated carbocycles. The predicted molar refractivity (Wildman–Crippen MR) is 90.4 cm³/mol. The number of aliphatic carboxylic acids is 1. The van der Waals surface area contributed by atoms with Crippen molar-refractivity contribution in [3.05, 3.63) is 64.6 Å². The average Bonchev–Trinajstić information content (AvgIpc) is 2.98. The van der Waals surface area contributed by atoms with E-state index in [4.69, 9.17) is 21.4 Å². The summed E-state index contributed by atoms with van der Waals surface area (Å²) in [7, 11) is 0. The zero-order valence-electron chi connectivity index (χ0n) is 11.9. The van der Waals surface area contributed by atoms with Crippen molar-refractivity contribution in [1.29, 1.82) is 0 Å². The maximum absolute atomic E-state index is 10.7. The predicted octanol–water partition coefficient (Wildman–Crippen LogP) is 4.88. The number of halogens is 1. The van der Waals surface area contributed by atoms with Gasteiger partial charge in [0.05, 0.1) is 12.1 Å². The van der Waals surface area contributed by atoms with E-state index in [9.17, 15) is 4.79 Å². The molecule has 2 aromatic carbocycles. The van der Waals surface area contributed by atoms with Crippen molar-refractivity contribution in [2.75, 3.05) is 0 Å². The first-order valence-corrected chi connectivity index (χ1v) is 8.06. The Morgan fingerprint density at radius 3 is 2.30 bits per heavy atom. The number of hydrogen-bond acceptors (Lipinski definition) is 4. The van der Waals surface area contributed by atoms with E-state index in [2.05, 4.69) is 4.98 Å². The fourth-order valence-electron chi connectivity index (χ4n) is 1.98. The molecule has 0 unspecified atom stereocenters. The molecular weight excluding hydrogens is 334 g/mol. The Morgan fingerprint density at radius 2 is 1.70 bits per heavy atom. The normalized spacial score (nSPS) is 10.5. The first-order chi connectivity index (χ1) is 11.1. The summed E-state index contributed by atoms with van der Waals surface area (Å²) in [6.07, 6.45) is -0.0612. The molecule has 4 nitrogen and oxygen atoms in total. The molecule has 0 amide bonds. The van der Waals surface area contributed by atoms with Gasteiger partial charge in [-0.3, -0.25) is 4.79 Å². The van der Waals surface area contributed by atoms with Crippen LogP contribution in [0, 0.1) is 0 Å². The number of carboxylic acid groups (broad SMARTS) is 1. The summed E-state index contributed by atoms with van der Waals surface area (Å²) in [5.41, 5.74) is 1.49. The number of thiazole rings is 1. The largest absolute Gasteiger partial charge is 0.481 e. The quantitative estimate of drug-likeness (QED) is 0.715. The molecule has 116 valence electrons. The Balaban J connectivity index is 1.72. The van der Waals surface area contributed by atoms with Crippen LogP contribution < -0.4 is 4.74 Å². The lowest BCUT2D eigenvalue weighted by Gasteiger charge is -2.06. The van der Waals surface area contributed by atoms with Crippen molar-refractivity contribution in [2.24, 2.45) is 0 Å². The average molecular weight is 346 g/mol. The lowest BCUT2D eigenvalue weighted by atomic mass is 10.2. The smallest absolute Gasteiger partial charge is 0.309 e. The van der Waals surface area contributed by atoms with Gasteiger partial charge >= 0.3 is 5.97 Å². The fourth-order valence-corrected chi connectivity index (χ4v) is 2.93. The zero-order chi connectivity index (χ0) is 16.2. The van der Waals surface area contributed by atoms with Crippen molar-refractivity contribution in [1.82, 2.24) is 4.98 Å². The summed E-state index contributed by atoms with van der Waals surface area (Å²) in [5, 5.41) is 12.0. The maximum atomic E-state index is 10.7. The molecule has 0 aliphatic rings. The van der Waals surface area contributed by atoms with Crippen LogP contribution >= 0.6 is 22.9 Å². The first kappa shape index (κ1) is 15.5. The second-order valence-corrected chi connectivity index (χ2v) is 6.09. The van der Waals surface area contributed by atoms with E-state index in [0.717, 1.165) is 10.6 Å². The van der Waals surface area contributed by atoms with Gasteiger partial charge in [0, 0.05) is 16.0 Å². The zero-order valence-corrected chi connectivity index (χ0v) is 13.5. The minimum absolute atomic E-state index is 0.0612. The van der Waals surface area contributed by atoms with E-state index >= 15 is 0 Å². The second-order valence-electron chi connectivity index (χ2n) is 4.79. The van der Waals surface area contributed by atoms with Crippen LogP contribution in [-0.2, 0) is 11.2 Å². The molecule has 0 spiro atoms. The third-order valence-electron chi connectivity index (χ3n) is 3.03. The van der Waals surface area contributed by atoms with Gasteiger partial charge in [0.1, 0.15) is 16.5 Å². The van der Waals surface area contributed by atoms with Crippen LogP contribution in [0.2, 0.25) is 5.02 Å². The molecule has 6 heteroatoms. The Labute approximate surface area is 142 Å². The van der Waals surface area contributed by atoms with E-state index in [1.54, 1.807) is 29.6 Å². The topological polar surface area (TPSA) is 59.4 Å². The summed E-state index contributed by atoms with van der Waals surface area (Å²) in [5.74, 6) is 0.534. The summed E-state index contributed by atoms with van der Waals surface area (Å²) < 4.78 is 5.73. The molecule has 1 aromatic heterocycles. The third-order valence-corrected chi connectivity index (χ3v) is 4.23. The highest BCUT2D eigenvalue weighted by molar-refractivity contribution is 7.13. The summed E-state index contributed by atoms with van der Waals surface area (Å²) >= 11 is 7.26. The molecule has 3 rings (SSSR count). The molecule has 0 saturated heterocycles. The van der Waals surface area contributed by atoms with Crippen LogP contribution in [0.1, 0.15) is 5.69 Å². The van der Waals surface area contributed by atoms with Gasteiger partial charge in [-0.05, 0) is 48.5 Å². The number of rotatable bonds is 5. The van der Waals surface area contributed by atoms with Crippen molar-refractivity contribution >= 4 is 28.9 Å². The van der Waals surface area contributed by atoms with Crippen LogP contribution in [0.4, 0.5) is 0 Å². The number of hydrogen-bond donors (Lipinski definition) is 1. The summed E-state index contributed by atoms with van der Waals surface area (Å²) in [6, 6.07) is 14.6. The number of aromatic nitrogens is 1. The number of nitrogens with zero attached hydrogens (tertiary/aromatic N) is 1. The summed E-state index contributed by atoms with van der Waals surface area (Å²) in [6.45, 7) is 0. The molecule has 0 atom stereocenters. The van der Waals surface area contributed by atoms with Gasteiger partial charge in [-0.2, -0.15) is 0 Å². The molecule has 0 aliphatic heterocycles. The molecule has 0 bridgehead atoms. The van der Waals surface area contributed by atoms with Crippen LogP contribution in [0.25, 0.3) is 10.6 Å². The van der Waals surface area contributed by atoms with Crippen LogP contribution in [0.5, 0.6) is 11.5 Å². The van der Waals surface area contributed by atoms with Crippen molar-refractivity contribution in [3.8, 4) is 22.1 Å². The molecule has 0 aliphatic carbocycles. The van der Waals surface area contributed by atoms with Crippen molar-refractivity contribution in [2.45, 2.75) is 6.42 Å². The lowest BCUT2D eigenvalue weighted by Crippen LogP contribution is -1.99. The van der Waals surface area contributed by atoms with Crippen LogP contribution in [0.15, 0.2) is 53.9 Å². The van der Waals surface area contributed by atoms with E-state index in [-0.39, 0.29) is 6.42 Å². The van der Waals surface area contributed by atoms with Gasteiger partial charge in [0.15, 0.2) is 0 Å². The molecule has 1 N–H and O–H groups in total. The number of carboxylic acids is 1. The summed E-state index contributed by atoms with van der Waals surface area (Å²) in [4.78, 5) is 15.0. The highest BCUT2D eigenvalue weighted by atomic mass is 35.5. The Bertz CT molecular complexity index is 813.